The number of carboxylic acids is 1. The highest BCUT2D eigenvalue weighted by Gasteiger charge is 2.09. The largest absolute Gasteiger partial charge is 0.497 e. The van der Waals surface area contributed by atoms with Crippen LogP contribution in [0.15, 0.2) is 89.8 Å². The van der Waals surface area contributed by atoms with Crippen molar-refractivity contribution in [2.24, 2.45) is 0 Å². The van der Waals surface area contributed by atoms with Crippen LogP contribution in [-0.4, -0.2) is 30.5 Å². The molecule has 5 nitrogen and oxygen atoms in total. The number of benzene rings is 4. The average molecular weight is 515 g/mol. The molecule has 0 fully saturated rings. The number of hydrogen-bond acceptors (Lipinski definition) is 5. The predicted octanol–water partition coefficient (Wildman–Crippen LogP) is 7.49. The Labute approximate surface area is 222 Å². The van der Waals surface area contributed by atoms with Crippen molar-refractivity contribution in [3.63, 3.8) is 0 Å². The van der Waals surface area contributed by atoms with E-state index >= 15 is 0 Å². The van der Waals surface area contributed by atoms with Crippen LogP contribution < -0.4 is 14.2 Å². The van der Waals surface area contributed by atoms with Crippen molar-refractivity contribution in [2.45, 2.75) is 25.3 Å². The van der Waals surface area contributed by atoms with Crippen molar-refractivity contribution in [3.8, 4) is 39.5 Å². The van der Waals surface area contributed by atoms with E-state index in [0.29, 0.717) is 18.1 Å². The van der Waals surface area contributed by atoms with Gasteiger partial charge in [-0.1, -0.05) is 31.2 Å². The van der Waals surface area contributed by atoms with Gasteiger partial charge in [0.05, 0.1) is 7.11 Å². The molecule has 1 N–H and O–H groups in total. The number of aryl methyl sites for hydroxylation is 1. The van der Waals surface area contributed by atoms with E-state index in [4.69, 9.17) is 19.3 Å². The molecule has 0 aliphatic rings. The summed E-state index contributed by atoms with van der Waals surface area (Å²) in [5.41, 5.74) is 6.31. The van der Waals surface area contributed by atoms with Crippen LogP contribution in [0.2, 0.25) is 0 Å². The number of hydrogen-bond donors (Lipinski definition) is 1. The van der Waals surface area contributed by atoms with Crippen LogP contribution in [0.4, 0.5) is 0 Å². The Balaban J connectivity index is 1.60. The Kier molecular flexibility index (Phi) is 8.75. The molecule has 0 radical (unpaired) electrons. The molecule has 37 heavy (non-hydrogen) atoms. The van der Waals surface area contributed by atoms with E-state index in [1.165, 1.54) is 4.90 Å². The van der Waals surface area contributed by atoms with Gasteiger partial charge < -0.3 is 19.3 Å². The van der Waals surface area contributed by atoms with E-state index in [1.807, 2.05) is 36.9 Å². The van der Waals surface area contributed by atoms with Gasteiger partial charge in [0, 0.05) is 4.90 Å². The third-order valence-electron chi connectivity index (χ3n) is 5.82. The highest BCUT2D eigenvalue weighted by Crippen LogP contribution is 2.32. The summed E-state index contributed by atoms with van der Waals surface area (Å²) in [7, 11) is 1.66. The predicted molar refractivity (Wildman–Crippen MR) is 149 cm³/mol. The van der Waals surface area contributed by atoms with Crippen LogP contribution in [0.1, 0.15) is 18.1 Å². The van der Waals surface area contributed by atoms with Crippen molar-refractivity contribution in [3.05, 3.63) is 96.1 Å². The highest BCUT2D eigenvalue weighted by atomic mass is 32.2. The SMILES string of the molecule is CCSc1ccc(-c2cc(COc3ccc(OCC(=O)O)c(C)c3)cc(-c3ccc(OC)cc3)c2)cc1. The van der Waals surface area contributed by atoms with E-state index < -0.39 is 5.97 Å². The van der Waals surface area contributed by atoms with Crippen molar-refractivity contribution < 1.29 is 24.1 Å². The molecule has 0 bridgehead atoms. The lowest BCUT2D eigenvalue weighted by atomic mass is 9.96. The minimum Gasteiger partial charge on any atom is -0.497 e. The zero-order valence-electron chi connectivity index (χ0n) is 21.2. The fourth-order valence-corrected chi connectivity index (χ4v) is 4.64. The Bertz CT molecular complexity index is 1350. The Morgan fingerprint density at radius 2 is 1.41 bits per heavy atom. The van der Waals surface area contributed by atoms with E-state index in [-0.39, 0.29) is 6.61 Å². The molecule has 190 valence electrons. The summed E-state index contributed by atoms with van der Waals surface area (Å²) in [6.07, 6.45) is 0. The van der Waals surface area contributed by atoms with Crippen LogP contribution >= 0.6 is 11.8 Å². The maximum absolute atomic E-state index is 10.8. The molecule has 0 atom stereocenters. The molecule has 0 spiro atoms. The van der Waals surface area contributed by atoms with E-state index in [0.717, 1.165) is 44.9 Å². The fraction of sp³-hybridized carbons (Fsp3) is 0.194. The molecule has 0 unspecified atom stereocenters. The standard InChI is InChI=1S/C31H30O5S/c1-4-37-29-12-7-24(8-13-29)26-17-22(16-25(18-26)23-5-9-27(34-3)10-6-23)19-35-28-11-14-30(21(2)15-28)36-20-31(32)33/h5-18H,4,19-20H2,1-3H3,(H,32,33). The van der Waals surface area contributed by atoms with Crippen LogP contribution in [-0.2, 0) is 11.4 Å². The molecular formula is C31H30O5S. The van der Waals surface area contributed by atoms with Crippen molar-refractivity contribution in [2.75, 3.05) is 19.5 Å². The summed E-state index contributed by atoms with van der Waals surface area (Å²) in [6.45, 7) is 4.03. The number of carbonyl (C=O) groups is 1. The molecule has 0 aliphatic heterocycles. The van der Waals surface area contributed by atoms with Gasteiger partial charge in [0.2, 0.25) is 0 Å². The summed E-state index contributed by atoms with van der Waals surface area (Å²) in [5, 5.41) is 8.85. The quantitative estimate of drug-likeness (QED) is 0.209. The molecule has 0 saturated heterocycles. The average Bonchev–Trinajstić information content (AvgIpc) is 2.92. The summed E-state index contributed by atoms with van der Waals surface area (Å²) < 4.78 is 16.8. The van der Waals surface area contributed by atoms with Gasteiger partial charge in [-0.25, -0.2) is 4.79 Å². The first-order valence-corrected chi connectivity index (χ1v) is 13.0. The lowest BCUT2D eigenvalue weighted by Crippen LogP contribution is -2.10. The van der Waals surface area contributed by atoms with Gasteiger partial charge in [-0.3, -0.25) is 0 Å². The van der Waals surface area contributed by atoms with E-state index in [9.17, 15) is 4.79 Å². The highest BCUT2D eigenvalue weighted by molar-refractivity contribution is 7.99. The molecule has 4 aromatic rings. The first-order valence-electron chi connectivity index (χ1n) is 12.0. The first-order chi connectivity index (χ1) is 17.9. The maximum atomic E-state index is 10.8. The molecule has 4 rings (SSSR count). The van der Waals surface area contributed by atoms with Crippen LogP contribution in [0.25, 0.3) is 22.3 Å². The van der Waals surface area contributed by atoms with Gasteiger partial charge in [-0.15, -0.1) is 11.8 Å². The Morgan fingerprint density at radius 1 is 0.784 bits per heavy atom. The number of aliphatic carboxylic acids is 1. The number of ether oxygens (including phenoxy) is 3. The third-order valence-corrected chi connectivity index (χ3v) is 6.71. The van der Waals surface area contributed by atoms with E-state index in [1.54, 1.807) is 19.2 Å². The van der Waals surface area contributed by atoms with Gasteiger partial charge in [0.25, 0.3) is 0 Å². The molecule has 0 aromatic heterocycles. The molecule has 4 aromatic carbocycles. The minimum absolute atomic E-state index is 0.375. The van der Waals surface area contributed by atoms with Gasteiger partial charge in [0.1, 0.15) is 23.9 Å². The summed E-state index contributed by atoms with van der Waals surface area (Å²) in [6, 6.07) is 28.6. The molecular weight excluding hydrogens is 484 g/mol. The molecule has 0 amide bonds. The van der Waals surface area contributed by atoms with Crippen LogP contribution in [0.5, 0.6) is 17.2 Å². The molecule has 0 saturated carbocycles. The van der Waals surface area contributed by atoms with Crippen LogP contribution in [0.3, 0.4) is 0 Å². The topological polar surface area (TPSA) is 65.0 Å². The summed E-state index contributed by atoms with van der Waals surface area (Å²) in [4.78, 5) is 12.0. The first kappa shape index (κ1) is 26.2. The number of carboxylic acid groups (broad SMARTS) is 1. The lowest BCUT2D eigenvalue weighted by molar-refractivity contribution is -0.139. The fourth-order valence-electron chi connectivity index (χ4n) is 3.98. The monoisotopic (exact) mass is 514 g/mol. The normalized spacial score (nSPS) is 10.7. The second-order valence-electron chi connectivity index (χ2n) is 8.50. The number of rotatable bonds is 11. The smallest absolute Gasteiger partial charge is 0.341 e. The second-order valence-corrected chi connectivity index (χ2v) is 9.84. The second kappa shape index (κ2) is 12.4. The minimum atomic E-state index is -1.01. The van der Waals surface area contributed by atoms with Crippen molar-refractivity contribution in [1.29, 1.82) is 0 Å². The van der Waals surface area contributed by atoms with Gasteiger partial charge in [-0.05, 0) is 107 Å². The number of methoxy groups -OCH3 is 1. The van der Waals surface area contributed by atoms with E-state index in [2.05, 4.69) is 61.5 Å². The Morgan fingerprint density at radius 3 is 1.97 bits per heavy atom. The van der Waals surface area contributed by atoms with Gasteiger partial charge >= 0.3 is 5.97 Å². The zero-order valence-corrected chi connectivity index (χ0v) is 22.0. The molecule has 0 heterocycles. The number of thioether (sulfide) groups is 1. The molecule has 6 heteroatoms. The molecule has 0 aliphatic carbocycles. The van der Waals surface area contributed by atoms with Crippen molar-refractivity contribution >= 4 is 17.7 Å². The lowest BCUT2D eigenvalue weighted by Gasteiger charge is -2.14. The van der Waals surface area contributed by atoms with Crippen LogP contribution in [0, 0.1) is 6.92 Å². The van der Waals surface area contributed by atoms with Gasteiger partial charge in [0.15, 0.2) is 6.61 Å². The Hall–Kier alpha value is -3.90. The maximum Gasteiger partial charge on any atom is 0.341 e. The zero-order chi connectivity index (χ0) is 26.2. The summed E-state index contributed by atoms with van der Waals surface area (Å²) >= 11 is 1.83. The third kappa shape index (κ3) is 7.08. The van der Waals surface area contributed by atoms with Crippen molar-refractivity contribution in [1.82, 2.24) is 0 Å². The van der Waals surface area contributed by atoms with Gasteiger partial charge in [-0.2, -0.15) is 0 Å². The summed E-state index contributed by atoms with van der Waals surface area (Å²) in [5.74, 6) is 2.07.